The van der Waals surface area contributed by atoms with E-state index in [4.69, 9.17) is 4.74 Å². The number of hydrogen-bond donors (Lipinski definition) is 0. The molecule has 20 heavy (non-hydrogen) atoms. The van der Waals surface area contributed by atoms with Crippen LogP contribution in [0, 0.1) is 17.0 Å². The molecule has 5 nitrogen and oxygen atoms in total. The van der Waals surface area contributed by atoms with Crippen LogP contribution in [0.1, 0.15) is 15.9 Å². The number of hydrogen-bond acceptors (Lipinski definition) is 4. The first-order valence-electron chi connectivity index (χ1n) is 5.69. The first-order chi connectivity index (χ1) is 9.51. The smallest absolute Gasteiger partial charge is 0.273 e. The van der Waals surface area contributed by atoms with E-state index in [0.717, 1.165) is 11.8 Å². The largest absolute Gasteiger partial charge is 0.457 e. The minimum atomic E-state index is -0.474. The summed E-state index contributed by atoms with van der Waals surface area (Å²) in [5.74, 6) is 0.899. The second-order valence-electron chi connectivity index (χ2n) is 4.11. The van der Waals surface area contributed by atoms with Gasteiger partial charge >= 0.3 is 0 Å². The normalized spacial score (nSPS) is 10.1. The monoisotopic (exact) mass is 335 g/mol. The van der Waals surface area contributed by atoms with Gasteiger partial charge in [0.25, 0.3) is 5.69 Å². The fourth-order valence-electron chi connectivity index (χ4n) is 1.61. The molecule has 0 bridgehead atoms. The number of rotatable bonds is 4. The molecule has 2 aromatic carbocycles. The summed E-state index contributed by atoms with van der Waals surface area (Å²) < 4.78 is 6.23. The summed E-state index contributed by atoms with van der Waals surface area (Å²) in [5, 5.41) is 10.8. The molecule has 0 aliphatic rings. The molecule has 0 radical (unpaired) electrons. The predicted octanol–water partition coefficient (Wildman–Crippen LogP) is 4.27. The van der Waals surface area contributed by atoms with Crippen LogP contribution in [0.3, 0.4) is 0 Å². The van der Waals surface area contributed by atoms with Crippen molar-refractivity contribution < 1.29 is 14.5 Å². The van der Waals surface area contributed by atoms with Gasteiger partial charge in [-0.25, -0.2) is 0 Å². The highest BCUT2D eigenvalue weighted by atomic mass is 79.9. The van der Waals surface area contributed by atoms with Crippen molar-refractivity contribution in [1.82, 2.24) is 0 Å². The highest BCUT2D eigenvalue weighted by molar-refractivity contribution is 9.10. The third-order valence-electron chi connectivity index (χ3n) is 2.71. The first kappa shape index (κ1) is 14.2. The Kier molecular flexibility index (Phi) is 4.14. The van der Waals surface area contributed by atoms with Gasteiger partial charge in [-0.3, -0.25) is 14.9 Å². The second-order valence-corrected chi connectivity index (χ2v) is 4.96. The van der Waals surface area contributed by atoms with E-state index >= 15 is 0 Å². The van der Waals surface area contributed by atoms with Gasteiger partial charge in [0.1, 0.15) is 11.5 Å². The molecule has 2 rings (SSSR count). The van der Waals surface area contributed by atoms with E-state index in [9.17, 15) is 14.9 Å². The number of carbonyl (C=O) groups excluding carboxylic acids is 1. The molecule has 0 atom stereocenters. The molecular formula is C14H10BrNO4. The molecule has 0 amide bonds. The van der Waals surface area contributed by atoms with Gasteiger partial charge in [0.15, 0.2) is 6.29 Å². The Hall–Kier alpha value is -2.21. The minimum absolute atomic E-state index is 0.0332. The fraction of sp³-hybridized carbons (Fsp3) is 0.0714. The number of non-ortho nitro benzene ring substituents is 1. The van der Waals surface area contributed by atoms with Crippen LogP contribution in [-0.4, -0.2) is 11.2 Å². The van der Waals surface area contributed by atoms with Crippen LogP contribution in [0.2, 0.25) is 0 Å². The topological polar surface area (TPSA) is 69.4 Å². The lowest BCUT2D eigenvalue weighted by atomic mass is 10.2. The van der Waals surface area contributed by atoms with Gasteiger partial charge in [0, 0.05) is 16.1 Å². The Bertz CT molecular complexity index is 685. The Morgan fingerprint density at radius 2 is 2.00 bits per heavy atom. The first-order valence-corrected chi connectivity index (χ1v) is 6.48. The van der Waals surface area contributed by atoms with Crippen molar-refractivity contribution in [1.29, 1.82) is 0 Å². The Morgan fingerprint density at radius 3 is 2.60 bits per heavy atom. The van der Waals surface area contributed by atoms with Crippen molar-refractivity contribution >= 4 is 27.9 Å². The molecule has 6 heteroatoms. The molecule has 0 aliphatic carbocycles. The van der Waals surface area contributed by atoms with Gasteiger partial charge in [-0.1, -0.05) is 0 Å². The molecular weight excluding hydrogens is 326 g/mol. The number of halogens is 1. The third-order valence-corrected chi connectivity index (χ3v) is 3.40. The number of nitro groups is 1. The van der Waals surface area contributed by atoms with Crippen molar-refractivity contribution in [2.75, 3.05) is 0 Å². The van der Waals surface area contributed by atoms with E-state index in [0.29, 0.717) is 21.5 Å². The SMILES string of the molecule is Cc1ccc([N+](=O)[O-])cc1Oc1ccc(C=O)c(Br)c1. The molecule has 102 valence electrons. The van der Waals surface area contributed by atoms with Crippen molar-refractivity contribution in [3.8, 4) is 11.5 Å². The summed E-state index contributed by atoms with van der Waals surface area (Å²) >= 11 is 3.26. The molecule has 0 spiro atoms. The average Bonchev–Trinajstić information content (AvgIpc) is 2.41. The lowest BCUT2D eigenvalue weighted by Gasteiger charge is -2.09. The van der Waals surface area contributed by atoms with E-state index < -0.39 is 4.92 Å². The van der Waals surface area contributed by atoms with Gasteiger partial charge in [0.05, 0.1) is 11.0 Å². The van der Waals surface area contributed by atoms with E-state index in [1.54, 1.807) is 31.2 Å². The Labute approximate surface area is 123 Å². The van der Waals surface area contributed by atoms with Gasteiger partial charge in [-0.15, -0.1) is 0 Å². The van der Waals surface area contributed by atoms with Gasteiger partial charge in [-0.2, -0.15) is 0 Å². The van der Waals surface area contributed by atoms with E-state index in [1.807, 2.05) is 0 Å². The summed E-state index contributed by atoms with van der Waals surface area (Å²) in [6.45, 7) is 1.80. The lowest BCUT2D eigenvalue weighted by Crippen LogP contribution is -1.92. The quantitative estimate of drug-likeness (QED) is 0.475. The number of aldehydes is 1. The van der Waals surface area contributed by atoms with Crippen LogP contribution in [-0.2, 0) is 0 Å². The Morgan fingerprint density at radius 1 is 1.25 bits per heavy atom. The summed E-state index contributed by atoms with van der Waals surface area (Å²) in [6.07, 6.45) is 0.729. The molecule has 2 aromatic rings. The van der Waals surface area contributed by atoms with Gasteiger partial charge in [0.2, 0.25) is 0 Å². The molecule has 0 saturated heterocycles. The maximum Gasteiger partial charge on any atom is 0.273 e. The van der Waals surface area contributed by atoms with Crippen molar-refractivity contribution in [3.63, 3.8) is 0 Å². The number of benzene rings is 2. The molecule has 0 unspecified atom stereocenters. The second kappa shape index (κ2) is 5.83. The molecule has 0 heterocycles. The van der Waals surface area contributed by atoms with Gasteiger partial charge < -0.3 is 4.74 Å². The van der Waals surface area contributed by atoms with Crippen LogP contribution in [0.5, 0.6) is 11.5 Å². The summed E-state index contributed by atoms with van der Waals surface area (Å²) in [4.78, 5) is 21.0. The zero-order valence-corrected chi connectivity index (χ0v) is 12.1. The van der Waals surface area contributed by atoms with Crippen LogP contribution in [0.25, 0.3) is 0 Å². The van der Waals surface area contributed by atoms with E-state index in [2.05, 4.69) is 15.9 Å². The number of nitrogens with zero attached hydrogens (tertiary/aromatic N) is 1. The Balaban J connectivity index is 2.34. The van der Waals surface area contributed by atoms with Crippen molar-refractivity contribution in [2.24, 2.45) is 0 Å². The summed E-state index contributed by atoms with van der Waals surface area (Å²) in [7, 11) is 0. The molecule has 0 N–H and O–H groups in total. The highest BCUT2D eigenvalue weighted by Gasteiger charge is 2.11. The number of nitro benzene ring substituents is 1. The van der Waals surface area contributed by atoms with Crippen LogP contribution in [0.4, 0.5) is 5.69 Å². The number of carbonyl (C=O) groups is 1. The average molecular weight is 336 g/mol. The lowest BCUT2D eigenvalue weighted by molar-refractivity contribution is -0.384. The summed E-state index contributed by atoms with van der Waals surface area (Å²) in [5.41, 5.74) is 1.26. The van der Waals surface area contributed by atoms with E-state index in [-0.39, 0.29) is 5.69 Å². The highest BCUT2D eigenvalue weighted by Crippen LogP contribution is 2.30. The third kappa shape index (κ3) is 3.03. The van der Waals surface area contributed by atoms with Crippen LogP contribution < -0.4 is 4.74 Å². The summed E-state index contributed by atoms with van der Waals surface area (Å²) in [6, 6.07) is 9.31. The van der Waals surface area contributed by atoms with Crippen molar-refractivity contribution in [3.05, 3.63) is 62.1 Å². The van der Waals surface area contributed by atoms with E-state index in [1.165, 1.54) is 12.1 Å². The van der Waals surface area contributed by atoms with Crippen molar-refractivity contribution in [2.45, 2.75) is 6.92 Å². The maximum absolute atomic E-state index is 10.8. The van der Waals surface area contributed by atoms with Gasteiger partial charge in [-0.05, 0) is 52.7 Å². The molecule has 0 fully saturated rings. The van der Waals surface area contributed by atoms with Crippen LogP contribution >= 0.6 is 15.9 Å². The number of aryl methyl sites for hydroxylation is 1. The molecule has 0 saturated carbocycles. The zero-order valence-electron chi connectivity index (χ0n) is 10.5. The standard InChI is InChI=1S/C14H10BrNO4/c1-9-2-4-11(16(18)19)6-14(9)20-12-5-3-10(8-17)13(15)7-12/h2-8H,1H3. The fourth-order valence-corrected chi connectivity index (χ4v) is 2.06. The molecule has 0 aliphatic heterocycles. The van der Waals surface area contributed by atoms with Crippen LogP contribution in [0.15, 0.2) is 40.9 Å². The minimum Gasteiger partial charge on any atom is -0.457 e. The maximum atomic E-state index is 10.8. The predicted molar refractivity (Wildman–Crippen MR) is 77.4 cm³/mol. The molecule has 0 aromatic heterocycles. The number of ether oxygens (including phenoxy) is 1. The zero-order chi connectivity index (χ0) is 14.7.